The summed E-state index contributed by atoms with van der Waals surface area (Å²) < 4.78 is 16.3. The molecule has 0 aliphatic rings. The van der Waals surface area contributed by atoms with E-state index in [9.17, 15) is 9.59 Å². The van der Waals surface area contributed by atoms with Gasteiger partial charge >= 0.3 is 5.97 Å². The molecule has 1 unspecified atom stereocenters. The summed E-state index contributed by atoms with van der Waals surface area (Å²) in [5.41, 5.74) is 5.16. The van der Waals surface area contributed by atoms with Crippen molar-refractivity contribution >= 4 is 50.7 Å². The number of nitrogens with zero attached hydrogens (tertiary/aromatic N) is 3. The molecule has 1 atom stereocenters. The van der Waals surface area contributed by atoms with Gasteiger partial charge in [0, 0.05) is 16.5 Å². The first-order chi connectivity index (χ1) is 21.9. The lowest BCUT2D eigenvalue weighted by atomic mass is 10.0. The number of thiophene rings is 1. The lowest BCUT2D eigenvalue weighted by molar-refractivity contribution is -0.124. The van der Waals surface area contributed by atoms with E-state index in [1.54, 1.807) is 50.7 Å². The minimum Gasteiger partial charge on any atom is -0.497 e. The molecule has 226 valence electrons. The van der Waals surface area contributed by atoms with Gasteiger partial charge in [-0.2, -0.15) is 0 Å². The number of carbonyl (C=O) groups excluding carboxylic acids is 2. The number of benzene rings is 3. The number of thiazole rings is 1. The van der Waals surface area contributed by atoms with Crippen molar-refractivity contribution in [3.63, 3.8) is 0 Å². The van der Waals surface area contributed by atoms with Crippen molar-refractivity contribution in [2.75, 3.05) is 19.5 Å². The van der Waals surface area contributed by atoms with Gasteiger partial charge in [0.2, 0.25) is 0 Å². The number of rotatable bonds is 10. The van der Waals surface area contributed by atoms with E-state index in [1.807, 2.05) is 71.4 Å². The minimum atomic E-state index is -0.999. The predicted octanol–water partition coefficient (Wildman–Crippen LogP) is 7.74. The van der Waals surface area contributed by atoms with Gasteiger partial charge in [0.25, 0.3) is 5.91 Å². The number of fused-ring (bicyclic) bond motifs is 1. The highest BCUT2D eigenvalue weighted by Crippen LogP contribution is 2.33. The maximum absolute atomic E-state index is 13.3. The number of ether oxygens (including phenoxy) is 3. The van der Waals surface area contributed by atoms with Crippen LogP contribution in [-0.4, -0.2) is 47.2 Å². The first-order valence-electron chi connectivity index (χ1n) is 14.1. The number of aromatic nitrogens is 3. The van der Waals surface area contributed by atoms with Crippen molar-refractivity contribution in [1.82, 2.24) is 15.0 Å². The number of anilines is 1. The van der Waals surface area contributed by atoms with Gasteiger partial charge in [-0.15, -0.1) is 22.7 Å². The second-order valence-corrected chi connectivity index (χ2v) is 11.7. The molecule has 3 heterocycles. The Hall–Kier alpha value is -5.13. The van der Waals surface area contributed by atoms with E-state index in [4.69, 9.17) is 24.2 Å². The summed E-state index contributed by atoms with van der Waals surface area (Å²) in [6.07, 6.45) is -0.707. The SMILES string of the molecule is CCC(OC(=O)c1ccc2nc(-c3ccc(OC)cc3)c(-c3ccc(OC)cc3)nc2c1)C(=O)Nc1nc(-c2cccs2)cs1. The van der Waals surface area contributed by atoms with Crippen LogP contribution in [0, 0.1) is 0 Å². The van der Waals surface area contributed by atoms with E-state index in [1.165, 1.54) is 11.3 Å². The van der Waals surface area contributed by atoms with Crippen molar-refractivity contribution in [2.45, 2.75) is 19.4 Å². The number of amides is 1. The van der Waals surface area contributed by atoms with Crippen LogP contribution in [0.5, 0.6) is 11.5 Å². The van der Waals surface area contributed by atoms with E-state index in [-0.39, 0.29) is 5.56 Å². The minimum absolute atomic E-state index is 0.259. The molecule has 1 amide bonds. The van der Waals surface area contributed by atoms with Gasteiger partial charge in [-0.1, -0.05) is 13.0 Å². The highest BCUT2D eigenvalue weighted by Gasteiger charge is 2.24. The van der Waals surface area contributed by atoms with Crippen molar-refractivity contribution in [3.8, 4) is 44.6 Å². The Bertz CT molecular complexity index is 1960. The van der Waals surface area contributed by atoms with Gasteiger partial charge < -0.3 is 14.2 Å². The van der Waals surface area contributed by atoms with E-state index in [0.29, 0.717) is 34.0 Å². The van der Waals surface area contributed by atoms with Crippen molar-refractivity contribution in [1.29, 1.82) is 0 Å². The third-order valence-corrected chi connectivity index (χ3v) is 8.70. The number of methoxy groups -OCH3 is 2. The molecule has 0 saturated carbocycles. The largest absolute Gasteiger partial charge is 0.497 e. The Morgan fingerprint density at radius 1 is 0.800 bits per heavy atom. The Balaban J connectivity index is 1.27. The lowest BCUT2D eigenvalue weighted by Crippen LogP contribution is -2.32. The van der Waals surface area contributed by atoms with Crippen LogP contribution >= 0.6 is 22.7 Å². The van der Waals surface area contributed by atoms with Crippen LogP contribution in [0.3, 0.4) is 0 Å². The van der Waals surface area contributed by atoms with Crippen LogP contribution in [-0.2, 0) is 9.53 Å². The van der Waals surface area contributed by atoms with Crippen LogP contribution in [0.25, 0.3) is 44.1 Å². The third kappa shape index (κ3) is 6.54. The monoisotopic (exact) mass is 636 g/mol. The number of nitrogens with one attached hydrogen (secondary N) is 1. The summed E-state index contributed by atoms with van der Waals surface area (Å²) in [6.45, 7) is 1.78. The van der Waals surface area contributed by atoms with Crippen molar-refractivity contribution < 1.29 is 23.8 Å². The number of hydrogen-bond acceptors (Lipinski definition) is 10. The Morgan fingerprint density at radius 3 is 2.02 bits per heavy atom. The molecule has 3 aromatic heterocycles. The van der Waals surface area contributed by atoms with Crippen LogP contribution in [0.4, 0.5) is 5.13 Å². The first-order valence-corrected chi connectivity index (χ1v) is 15.8. The molecular weight excluding hydrogens is 609 g/mol. The standard InChI is InChI=1S/C34H28N4O5S2/c1-4-28(32(39)38-34-37-27(19-45-34)29-6-5-17-44-29)43-33(40)22-11-16-25-26(18-22)36-31(21-9-14-24(42-3)15-10-21)30(35-25)20-7-12-23(41-2)13-8-20/h5-19,28H,4H2,1-3H3,(H,37,38,39). The van der Waals surface area contributed by atoms with Gasteiger partial charge in [0.05, 0.1) is 52.8 Å². The zero-order valence-corrected chi connectivity index (χ0v) is 26.3. The maximum Gasteiger partial charge on any atom is 0.338 e. The molecule has 0 spiro atoms. The first kappa shape index (κ1) is 29.9. The molecule has 45 heavy (non-hydrogen) atoms. The molecule has 11 heteroatoms. The normalized spacial score (nSPS) is 11.6. The van der Waals surface area contributed by atoms with Crippen molar-refractivity contribution in [3.05, 3.63) is 95.2 Å². The van der Waals surface area contributed by atoms with Gasteiger partial charge in [0.15, 0.2) is 11.2 Å². The van der Waals surface area contributed by atoms with E-state index >= 15 is 0 Å². The highest BCUT2D eigenvalue weighted by atomic mass is 32.1. The second-order valence-electron chi connectivity index (χ2n) is 9.89. The Kier molecular flexibility index (Phi) is 8.81. The molecule has 6 rings (SSSR count). The summed E-state index contributed by atoms with van der Waals surface area (Å²) in [6, 6.07) is 24.0. The molecular formula is C34H28N4O5S2. The third-order valence-electron chi connectivity index (χ3n) is 7.05. The van der Waals surface area contributed by atoms with E-state index < -0.39 is 18.0 Å². The lowest BCUT2D eigenvalue weighted by Gasteiger charge is -2.16. The van der Waals surface area contributed by atoms with Crippen LogP contribution in [0.15, 0.2) is 89.6 Å². The zero-order chi connectivity index (χ0) is 31.3. The molecule has 9 nitrogen and oxygen atoms in total. The fraction of sp³-hybridized carbons (Fsp3) is 0.147. The number of carbonyl (C=O) groups is 2. The molecule has 0 radical (unpaired) electrons. The average Bonchev–Trinajstić information content (AvgIpc) is 3.79. The number of esters is 1. The average molecular weight is 637 g/mol. The van der Waals surface area contributed by atoms with Gasteiger partial charge in [-0.05, 0) is 84.6 Å². The molecule has 3 aromatic carbocycles. The summed E-state index contributed by atoms with van der Waals surface area (Å²) in [4.78, 5) is 41.7. The van der Waals surface area contributed by atoms with Crippen LogP contribution in [0.2, 0.25) is 0 Å². The van der Waals surface area contributed by atoms with Gasteiger partial charge in [-0.25, -0.2) is 19.7 Å². The predicted molar refractivity (Wildman–Crippen MR) is 177 cm³/mol. The quantitative estimate of drug-likeness (QED) is 0.152. The number of hydrogen-bond donors (Lipinski definition) is 1. The molecule has 0 aliphatic heterocycles. The summed E-state index contributed by atoms with van der Waals surface area (Å²) in [5.74, 6) is 0.375. The maximum atomic E-state index is 13.3. The summed E-state index contributed by atoms with van der Waals surface area (Å²) in [7, 11) is 3.23. The van der Waals surface area contributed by atoms with E-state index in [2.05, 4.69) is 10.3 Å². The molecule has 6 aromatic rings. The Labute approximate surface area is 267 Å². The molecule has 1 N–H and O–H groups in total. The fourth-order valence-electron chi connectivity index (χ4n) is 4.66. The van der Waals surface area contributed by atoms with Gasteiger partial charge in [-0.3, -0.25) is 10.1 Å². The van der Waals surface area contributed by atoms with Gasteiger partial charge in [0.1, 0.15) is 11.5 Å². The van der Waals surface area contributed by atoms with E-state index in [0.717, 1.165) is 33.2 Å². The fourth-order valence-corrected chi connectivity index (χ4v) is 6.13. The van der Waals surface area contributed by atoms with Crippen molar-refractivity contribution in [2.24, 2.45) is 0 Å². The zero-order valence-electron chi connectivity index (χ0n) is 24.6. The smallest absolute Gasteiger partial charge is 0.338 e. The Morgan fingerprint density at radius 2 is 1.44 bits per heavy atom. The van der Waals surface area contributed by atoms with Crippen LogP contribution in [0.1, 0.15) is 23.7 Å². The molecule has 0 saturated heterocycles. The summed E-state index contributed by atoms with van der Waals surface area (Å²) in [5, 5.41) is 7.07. The second kappa shape index (κ2) is 13.2. The van der Waals surface area contributed by atoms with Crippen LogP contribution < -0.4 is 14.8 Å². The topological polar surface area (TPSA) is 113 Å². The molecule has 0 fully saturated rings. The highest BCUT2D eigenvalue weighted by molar-refractivity contribution is 7.16. The summed E-state index contributed by atoms with van der Waals surface area (Å²) >= 11 is 2.89. The molecule has 0 aliphatic carbocycles. The molecule has 0 bridgehead atoms.